The van der Waals surface area contributed by atoms with E-state index in [0.717, 1.165) is 11.1 Å². The zero-order chi connectivity index (χ0) is 15.4. The molecule has 0 radical (unpaired) electrons. The first-order valence-corrected chi connectivity index (χ1v) is 6.90. The van der Waals surface area contributed by atoms with Crippen molar-refractivity contribution in [3.63, 3.8) is 0 Å². The molecule has 0 atom stereocenters. The number of aromatic hydroxyl groups is 1. The van der Waals surface area contributed by atoms with E-state index in [1.807, 2.05) is 42.5 Å². The Bertz CT molecular complexity index is 795. The minimum absolute atomic E-state index is 0.0929. The number of hydrogen-bond acceptors (Lipinski definition) is 3. The molecule has 0 fully saturated rings. The van der Waals surface area contributed by atoms with Gasteiger partial charge in [-0.3, -0.25) is 0 Å². The molecule has 0 aliphatic carbocycles. The van der Waals surface area contributed by atoms with Crippen molar-refractivity contribution in [1.29, 1.82) is 0 Å². The summed E-state index contributed by atoms with van der Waals surface area (Å²) in [7, 11) is 0. The molecule has 0 bridgehead atoms. The summed E-state index contributed by atoms with van der Waals surface area (Å²) in [5, 5.41) is 9.74. The van der Waals surface area contributed by atoms with E-state index in [-0.39, 0.29) is 11.3 Å². The standard InChI is InChI=1S/C19H14O3/c20-17-12-6-4-11-16(17)19(21)22-18-13-7-5-10-15(18)14-8-2-1-3-9-14/h1-13,20H. The lowest BCUT2D eigenvalue weighted by Gasteiger charge is -2.10. The number of phenolic OH excluding ortho intramolecular Hbond substituents is 1. The third kappa shape index (κ3) is 2.83. The maximum absolute atomic E-state index is 12.2. The molecule has 3 rings (SSSR count). The molecule has 0 heterocycles. The highest BCUT2D eigenvalue weighted by molar-refractivity contribution is 5.94. The number of phenols is 1. The molecule has 3 heteroatoms. The Balaban J connectivity index is 1.94. The van der Waals surface area contributed by atoms with Crippen molar-refractivity contribution in [1.82, 2.24) is 0 Å². The molecule has 0 saturated heterocycles. The molecule has 0 aliphatic rings. The first kappa shape index (κ1) is 13.9. The van der Waals surface area contributed by atoms with Gasteiger partial charge < -0.3 is 9.84 Å². The molecule has 0 spiro atoms. The zero-order valence-corrected chi connectivity index (χ0v) is 11.8. The Labute approximate surface area is 128 Å². The van der Waals surface area contributed by atoms with Crippen molar-refractivity contribution in [3.8, 4) is 22.6 Å². The first-order chi connectivity index (χ1) is 10.8. The Hall–Kier alpha value is -3.07. The van der Waals surface area contributed by atoms with Crippen LogP contribution in [-0.2, 0) is 0 Å². The van der Waals surface area contributed by atoms with Gasteiger partial charge in [0.2, 0.25) is 0 Å². The summed E-state index contributed by atoms with van der Waals surface area (Å²) < 4.78 is 5.47. The highest BCUT2D eigenvalue weighted by Crippen LogP contribution is 2.30. The first-order valence-electron chi connectivity index (χ1n) is 6.90. The lowest BCUT2D eigenvalue weighted by molar-refractivity contribution is 0.0732. The van der Waals surface area contributed by atoms with E-state index >= 15 is 0 Å². The Morgan fingerprint density at radius 2 is 1.41 bits per heavy atom. The number of para-hydroxylation sites is 2. The fraction of sp³-hybridized carbons (Fsp3) is 0. The number of benzene rings is 3. The second kappa shape index (κ2) is 6.14. The van der Waals surface area contributed by atoms with E-state index in [2.05, 4.69) is 0 Å². The average Bonchev–Trinajstić information content (AvgIpc) is 2.56. The smallest absolute Gasteiger partial charge is 0.347 e. The van der Waals surface area contributed by atoms with E-state index in [1.54, 1.807) is 24.3 Å². The molecule has 0 saturated carbocycles. The summed E-state index contributed by atoms with van der Waals surface area (Å²) >= 11 is 0. The largest absolute Gasteiger partial charge is 0.507 e. The van der Waals surface area contributed by atoms with E-state index < -0.39 is 5.97 Å². The van der Waals surface area contributed by atoms with Crippen LogP contribution in [0.1, 0.15) is 10.4 Å². The van der Waals surface area contributed by atoms with E-state index in [0.29, 0.717) is 5.75 Å². The minimum Gasteiger partial charge on any atom is -0.507 e. The van der Waals surface area contributed by atoms with E-state index in [1.165, 1.54) is 12.1 Å². The monoisotopic (exact) mass is 290 g/mol. The topological polar surface area (TPSA) is 46.5 Å². The van der Waals surface area contributed by atoms with Crippen molar-refractivity contribution in [2.24, 2.45) is 0 Å². The third-order valence-electron chi connectivity index (χ3n) is 3.30. The number of carbonyl (C=O) groups excluding carboxylic acids is 1. The molecule has 3 nitrogen and oxygen atoms in total. The summed E-state index contributed by atoms with van der Waals surface area (Å²) in [6.45, 7) is 0. The van der Waals surface area contributed by atoms with Crippen LogP contribution < -0.4 is 4.74 Å². The SMILES string of the molecule is O=C(Oc1ccccc1-c1ccccc1)c1ccccc1O. The average molecular weight is 290 g/mol. The van der Waals surface area contributed by atoms with Crippen LogP contribution in [0.15, 0.2) is 78.9 Å². The van der Waals surface area contributed by atoms with Gasteiger partial charge in [-0.1, -0.05) is 60.7 Å². The van der Waals surface area contributed by atoms with E-state index in [4.69, 9.17) is 4.74 Å². The predicted molar refractivity (Wildman–Crippen MR) is 84.9 cm³/mol. The molecule has 3 aromatic carbocycles. The predicted octanol–water partition coefficient (Wildman–Crippen LogP) is 4.28. The lowest BCUT2D eigenvalue weighted by Crippen LogP contribution is -2.09. The van der Waals surface area contributed by atoms with Crippen molar-refractivity contribution in [2.75, 3.05) is 0 Å². The third-order valence-corrected chi connectivity index (χ3v) is 3.30. The van der Waals surface area contributed by atoms with Crippen LogP contribution in [0, 0.1) is 0 Å². The summed E-state index contributed by atoms with van der Waals surface area (Å²) in [5.74, 6) is -0.215. The number of rotatable bonds is 3. The van der Waals surface area contributed by atoms with Gasteiger partial charge in [0.1, 0.15) is 17.1 Å². The molecule has 108 valence electrons. The number of ether oxygens (including phenoxy) is 1. The number of esters is 1. The molecular formula is C19H14O3. The maximum Gasteiger partial charge on any atom is 0.347 e. The van der Waals surface area contributed by atoms with Gasteiger partial charge in [-0.2, -0.15) is 0 Å². The van der Waals surface area contributed by atoms with Crippen molar-refractivity contribution >= 4 is 5.97 Å². The molecule has 3 aromatic rings. The van der Waals surface area contributed by atoms with Crippen molar-refractivity contribution in [2.45, 2.75) is 0 Å². The Morgan fingerprint density at radius 1 is 0.773 bits per heavy atom. The second-order valence-corrected chi connectivity index (χ2v) is 4.77. The molecule has 0 aliphatic heterocycles. The zero-order valence-electron chi connectivity index (χ0n) is 11.8. The minimum atomic E-state index is -0.582. The molecule has 1 N–H and O–H groups in total. The molecule has 0 unspecified atom stereocenters. The van der Waals surface area contributed by atoms with Gasteiger partial charge in [-0.25, -0.2) is 4.79 Å². The van der Waals surface area contributed by atoms with Crippen LogP contribution in [0.3, 0.4) is 0 Å². The van der Waals surface area contributed by atoms with Crippen LogP contribution in [0.5, 0.6) is 11.5 Å². The van der Waals surface area contributed by atoms with Gasteiger partial charge in [-0.15, -0.1) is 0 Å². The van der Waals surface area contributed by atoms with Gasteiger partial charge in [0.15, 0.2) is 0 Å². The van der Waals surface area contributed by atoms with Crippen LogP contribution in [-0.4, -0.2) is 11.1 Å². The quantitative estimate of drug-likeness (QED) is 0.578. The van der Waals surface area contributed by atoms with Crippen LogP contribution in [0.2, 0.25) is 0 Å². The molecule has 0 amide bonds. The normalized spacial score (nSPS) is 10.2. The highest BCUT2D eigenvalue weighted by Gasteiger charge is 2.15. The molecule has 0 aromatic heterocycles. The Kier molecular flexibility index (Phi) is 3.88. The molecule has 22 heavy (non-hydrogen) atoms. The van der Waals surface area contributed by atoms with Crippen LogP contribution in [0.25, 0.3) is 11.1 Å². The number of hydrogen-bond donors (Lipinski definition) is 1. The van der Waals surface area contributed by atoms with Crippen LogP contribution in [0.4, 0.5) is 0 Å². The Morgan fingerprint density at radius 3 is 2.18 bits per heavy atom. The fourth-order valence-electron chi connectivity index (χ4n) is 2.21. The summed E-state index contributed by atoms with van der Waals surface area (Å²) in [6, 6.07) is 23.3. The van der Waals surface area contributed by atoms with Gasteiger partial charge in [0, 0.05) is 5.56 Å². The van der Waals surface area contributed by atoms with Crippen LogP contribution >= 0.6 is 0 Å². The fourth-order valence-corrected chi connectivity index (χ4v) is 2.21. The van der Waals surface area contributed by atoms with Gasteiger partial charge in [0.25, 0.3) is 0 Å². The van der Waals surface area contributed by atoms with Crippen molar-refractivity contribution in [3.05, 3.63) is 84.4 Å². The van der Waals surface area contributed by atoms with Gasteiger partial charge in [-0.05, 0) is 23.8 Å². The van der Waals surface area contributed by atoms with Crippen molar-refractivity contribution < 1.29 is 14.6 Å². The number of carbonyl (C=O) groups is 1. The summed E-state index contributed by atoms with van der Waals surface area (Å²) in [4.78, 5) is 12.2. The summed E-state index contributed by atoms with van der Waals surface area (Å²) in [5.41, 5.74) is 1.93. The van der Waals surface area contributed by atoms with E-state index in [9.17, 15) is 9.90 Å². The van der Waals surface area contributed by atoms with Gasteiger partial charge in [0.05, 0.1) is 0 Å². The van der Waals surface area contributed by atoms with Gasteiger partial charge >= 0.3 is 5.97 Å². The lowest BCUT2D eigenvalue weighted by atomic mass is 10.0. The highest BCUT2D eigenvalue weighted by atomic mass is 16.5. The molecular weight excluding hydrogens is 276 g/mol. The summed E-state index contributed by atoms with van der Waals surface area (Å²) in [6.07, 6.45) is 0. The maximum atomic E-state index is 12.2. The second-order valence-electron chi connectivity index (χ2n) is 4.77.